The molecule has 0 saturated carbocycles. The van der Waals surface area contributed by atoms with Crippen LogP contribution in [-0.4, -0.2) is 5.38 Å². The number of alkyl halides is 3. The first-order chi connectivity index (χ1) is 6.41. The number of halogens is 5. The normalized spacial score (nSPS) is 13.1. The number of rotatable bonds is 2. The summed E-state index contributed by atoms with van der Waals surface area (Å²) in [5.41, 5.74) is -0.273. The highest BCUT2D eigenvalue weighted by atomic mass is 35.5. The van der Waals surface area contributed by atoms with Crippen molar-refractivity contribution in [1.82, 2.24) is 0 Å². The molecule has 0 fully saturated rings. The first-order valence-electron chi connectivity index (χ1n) is 3.60. The molecule has 14 heavy (non-hydrogen) atoms. The lowest BCUT2D eigenvalue weighted by molar-refractivity contribution is 0.112. The molecule has 0 aliphatic carbocycles. The molecule has 76 valence electrons. The molecule has 0 N–H and O–H groups in total. The maximum Gasteiger partial charge on any atom is 0.373 e. The maximum atomic E-state index is 12.8. The van der Waals surface area contributed by atoms with Crippen molar-refractivity contribution in [2.75, 3.05) is 0 Å². The third kappa shape index (κ3) is 2.73. The standard InChI is InChI=1S/C9H5ClF4/c10-9(13,14)8(12)5-6-3-1-2-4-7(6)11/h1-5H/b8-5-. The van der Waals surface area contributed by atoms with Gasteiger partial charge in [0.05, 0.1) is 0 Å². The molecule has 0 heterocycles. The highest BCUT2D eigenvalue weighted by Gasteiger charge is 2.31. The van der Waals surface area contributed by atoms with Crippen LogP contribution in [-0.2, 0) is 0 Å². The Labute approximate surface area is 82.8 Å². The lowest BCUT2D eigenvalue weighted by Crippen LogP contribution is -2.05. The van der Waals surface area contributed by atoms with Gasteiger partial charge in [-0.25, -0.2) is 8.78 Å². The summed E-state index contributed by atoms with van der Waals surface area (Å²) in [4.78, 5) is 0. The second kappa shape index (κ2) is 4.00. The minimum absolute atomic E-state index is 0.273. The van der Waals surface area contributed by atoms with E-state index >= 15 is 0 Å². The Morgan fingerprint density at radius 3 is 2.36 bits per heavy atom. The molecule has 0 spiro atoms. The van der Waals surface area contributed by atoms with Crippen molar-refractivity contribution in [2.45, 2.75) is 5.38 Å². The molecule has 5 heteroatoms. The second-order valence-electron chi connectivity index (χ2n) is 2.51. The highest BCUT2D eigenvalue weighted by molar-refractivity contribution is 6.23. The predicted molar refractivity (Wildman–Crippen MR) is 46.3 cm³/mol. The highest BCUT2D eigenvalue weighted by Crippen LogP contribution is 2.31. The monoisotopic (exact) mass is 224 g/mol. The Morgan fingerprint density at radius 1 is 1.29 bits per heavy atom. The summed E-state index contributed by atoms with van der Waals surface area (Å²) in [6.07, 6.45) is 0.363. The average Bonchev–Trinajstić information content (AvgIpc) is 2.07. The Hall–Kier alpha value is -1.03. The van der Waals surface area contributed by atoms with Crippen LogP contribution < -0.4 is 0 Å². The fourth-order valence-electron chi connectivity index (χ4n) is 0.811. The van der Waals surface area contributed by atoms with E-state index in [1.807, 2.05) is 0 Å². The lowest BCUT2D eigenvalue weighted by Gasteiger charge is -2.04. The van der Waals surface area contributed by atoms with E-state index in [2.05, 4.69) is 11.6 Å². The predicted octanol–water partition coefficient (Wildman–Crippen LogP) is 3.97. The molecule has 0 unspecified atom stereocenters. The van der Waals surface area contributed by atoms with Crippen molar-refractivity contribution >= 4 is 17.7 Å². The van der Waals surface area contributed by atoms with Crippen LogP contribution in [0.2, 0.25) is 0 Å². The van der Waals surface area contributed by atoms with E-state index in [4.69, 9.17) is 0 Å². The summed E-state index contributed by atoms with van der Waals surface area (Å²) in [5, 5.41) is -4.09. The van der Waals surface area contributed by atoms with Gasteiger partial charge in [-0.3, -0.25) is 0 Å². The minimum Gasteiger partial charge on any atom is -0.206 e. The summed E-state index contributed by atoms with van der Waals surface area (Å²) in [6.45, 7) is 0. The van der Waals surface area contributed by atoms with Gasteiger partial charge in [0, 0.05) is 5.56 Å². The van der Waals surface area contributed by atoms with E-state index in [9.17, 15) is 17.6 Å². The van der Waals surface area contributed by atoms with Gasteiger partial charge in [0.15, 0.2) is 5.83 Å². The summed E-state index contributed by atoms with van der Waals surface area (Å²) in [7, 11) is 0. The molecule has 0 aromatic heterocycles. The Morgan fingerprint density at radius 2 is 1.86 bits per heavy atom. The van der Waals surface area contributed by atoms with Crippen LogP contribution in [0.4, 0.5) is 17.6 Å². The average molecular weight is 225 g/mol. The van der Waals surface area contributed by atoms with E-state index in [-0.39, 0.29) is 5.56 Å². The van der Waals surface area contributed by atoms with Crippen molar-refractivity contribution in [1.29, 1.82) is 0 Å². The quantitative estimate of drug-likeness (QED) is 0.527. The maximum absolute atomic E-state index is 12.8. The van der Waals surface area contributed by atoms with Crippen LogP contribution in [0.3, 0.4) is 0 Å². The molecule has 0 atom stereocenters. The van der Waals surface area contributed by atoms with Crippen molar-refractivity contribution in [3.63, 3.8) is 0 Å². The van der Waals surface area contributed by atoms with Crippen LogP contribution in [0.25, 0.3) is 6.08 Å². The first kappa shape index (κ1) is 11.0. The summed E-state index contributed by atoms with van der Waals surface area (Å²) < 4.78 is 49.7. The van der Waals surface area contributed by atoms with Gasteiger partial charge >= 0.3 is 5.38 Å². The topological polar surface area (TPSA) is 0 Å². The molecule has 1 aromatic carbocycles. The van der Waals surface area contributed by atoms with Gasteiger partial charge in [0.1, 0.15) is 5.82 Å². The molecule has 1 rings (SSSR count). The van der Waals surface area contributed by atoms with Crippen molar-refractivity contribution in [2.24, 2.45) is 0 Å². The fraction of sp³-hybridized carbons (Fsp3) is 0.111. The number of hydrogen-bond donors (Lipinski definition) is 0. The molecule has 0 aliphatic rings. The van der Waals surface area contributed by atoms with Crippen molar-refractivity contribution in [3.8, 4) is 0 Å². The molecule has 0 amide bonds. The van der Waals surface area contributed by atoms with Crippen molar-refractivity contribution in [3.05, 3.63) is 41.5 Å². The van der Waals surface area contributed by atoms with Crippen LogP contribution >= 0.6 is 11.6 Å². The first-order valence-corrected chi connectivity index (χ1v) is 3.98. The Balaban J connectivity index is 3.04. The van der Waals surface area contributed by atoms with Gasteiger partial charge in [0.2, 0.25) is 0 Å². The van der Waals surface area contributed by atoms with Crippen LogP contribution in [0.15, 0.2) is 30.1 Å². The third-order valence-corrected chi connectivity index (χ3v) is 1.64. The Bertz CT molecular complexity index is 354. The second-order valence-corrected chi connectivity index (χ2v) is 2.99. The van der Waals surface area contributed by atoms with Gasteiger partial charge in [-0.15, -0.1) is 0 Å². The molecule has 0 saturated heterocycles. The van der Waals surface area contributed by atoms with Crippen LogP contribution in [0, 0.1) is 5.82 Å². The molecule has 0 nitrogen and oxygen atoms in total. The summed E-state index contributed by atoms with van der Waals surface area (Å²) in [6, 6.07) is 4.96. The molecule has 0 radical (unpaired) electrons. The number of hydrogen-bond acceptors (Lipinski definition) is 0. The van der Waals surface area contributed by atoms with E-state index in [0.29, 0.717) is 6.08 Å². The number of benzene rings is 1. The SMILES string of the molecule is F/C(=C\c1ccccc1F)C(F)(F)Cl. The molecule has 0 bridgehead atoms. The fourth-order valence-corrected chi connectivity index (χ4v) is 0.865. The van der Waals surface area contributed by atoms with E-state index in [1.165, 1.54) is 12.1 Å². The largest absolute Gasteiger partial charge is 0.373 e. The van der Waals surface area contributed by atoms with Crippen LogP contribution in [0.5, 0.6) is 0 Å². The van der Waals surface area contributed by atoms with E-state index in [0.717, 1.165) is 12.1 Å². The molecular weight excluding hydrogens is 220 g/mol. The zero-order valence-corrected chi connectivity index (χ0v) is 7.53. The van der Waals surface area contributed by atoms with Crippen LogP contribution in [0.1, 0.15) is 5.56 Å². The molecule has 1 aromatic rings. The smallest absolute Gasteiger partial charge is 0.206 e. The minimum atomic E-state index is -4.09. The number of allylic oxidation sites excluding steroid dienone is 1. The van der Waals surface area contributed by atoms with Gasteiger partial charge in [-0.1, -0.05) is 18.2 Å². The summed E-state index contributed by atoms with van der Waals surface area (Å²) >= 11 is 4.39. The Kier molecular flexibility index (Phi) is 3.16. The van der Waals surface area contributed by atoms with Gasteiger partial charge in [-0.2, -0.15) is 8.78 Å². The molecule has 0 aliphatic heterocycles. The third-order valence-electron chi connectivity index (χ3n) is 1.46. The molecular formula is C9H5ClF4. The van der Waals surface area contributed by atoms with Crippen molar-refractivity contribution < 1.29 is 17.6 Å². The van der Waals surface area contributed by atoms with Gasteiger partial charge < -0.3 is 0 Å². The lowest BCUT2D eigenvalue weighted by atomic mass is 10.2. The zero-order valence-electron chi connectivity index (χ0n) is 6.78. The summed E-state index contributed by atoms with van der Waals surface area (Å²) in [5.74, 6) is -2.67. The zero-order chi connectivity index (χ0) is 10.8. The van der Waals surface area contributed by atoms with Gasteiger partial charge in [-0.05, 0) is 23.7 Å². The van der Waals surface area contributed by atoms with Gasteiger partial charge in [0.25, 0.3) is 0 Å². The van der Waals surface area contributed by atoms with E-state index < -0.39 is 17.0 Å². The van der Waals surface area contributed by atoms with E-state index in [1.54, 1.807) is 0 Å².